The Labute approximate surface area is 148 Å². The van der Waals surface area contributed by atoms with Gasteiger partial charge in [0.2, 0.25) is 5.16 Å². The van der Waals surface area contributed by atoms with Gasteiger partial charge in [0.05, 0.1) is 0 Å². The van der Waals surface area contributed by atoms with Crippen molar-refractivity contribution in [3.63, 3.8) is 0 Å². The fraction of sp³-hybridized carbons (Fsp3) is 0.176. The molecule has 0 saturated carbocycles. The maximum atomic E-state index is 11.7. The predicted octanol–water partition coefficient (Wildman–Crippen LogP) is 2.23. The summed E-state index contributed by atoms with van der Waals surface area (Å²) in [5.41, 5.74) is 7.88. The normalized spacial score (nSPS) is 14.6. The fourth-order valence-corrected chi connectivity index (χ4v) is 3.88. The first kappa shape index (κ1) is 17.1. The SMILES string of the molecule is N[C@H](C(=O)O)C(c1ccccc1)C(Sc1nn[nH]n1)c1ccccc1. The Balaban J connectivity index is 2.07. The molecule has 0 spiro atoms. The van der Waals surface area contributed by atoms with E-state index in [1.54, 1.807) is 0 Å². The molecule has 3 aromatic rings. The average Bonchev–Trinajstić information content (AvgIpc) is 3.16. The van der Waals surface area contributed by atoms with Crippen LogP contribution in [0.4, 0.5) is 0 Å². The molecule has 0 amide bonds. The summed E-state index contributed by atoms with van der Waals surface area (Å²) in [4.78, 5) is 11.7. The maximum Gasteiger partial charge on any atom is 0.321 e. The molecule has 0 radical (unpaired) electrons. The number of thioether (sulfide) groups is 1. The zero-order valence-corrected chi connectivity index (χ0v) is 14.0. The zero-order chi connectivity index (χ0) is 17.6. The molecular formula is C17H17N5O2S. The molecule has 7 nitrogen and oxygen atoms in total. The van der Waals surface area contributed by atoms with Crippen molar-refractivity contribution in [1.82, 2.24) is 20.6 Å². The van der Waals surface area contributed by atoms with Crippen LogP contribution in [0.3, 0.4) is 0 Å². The maximum absolute atomic E-state index is 11.7. The number of nitrogens with one attached hydrogen (secondary N) is 1. The van der Waals surface area contributed by atoms with Gasteiger partial charge in [-0.3, -0.25) is 4.79 Å². The quantitative estimate of drug-likeness (QED) is 0.556. The van der Waals surface area contributed by atoms with Crippen molar-refractivity contribution in [2.45, 2.75) is 22.4 Å². The van der Waals surface area contributed by atoms with Crippen molar-refractivity contribution in [2.75, 3.05) is 0 Å². The zero-order valence-electron chi connectivity index (χ0n) is 13.2. The van der Waals surface area contributed by atoms with Crippen LogP contribution in [-0.4, -0.2) is 37.7 Å². The molecule has 2 unspecified atom stereocenters. The lowest BCUT2D eigenvalue weighted by Gasteiger charge is -2.29. The average molecular weight is 355 g/mol. The third kappa shape index (κ3) is 4.04. The molecular weight excluding hydrogens is 338 g/mol. The summed E-state index contributed by atoms with van der Waals surface area (Å²) in [6.07, 6.45) is 0. The van der Waals surface area contributed by atoms with Crippen LogP contribution in [0.25, 0.3) is 0 Å². The number of aliphatic carboxylic acids is 1. The van der Waals surface area contributed by atoms with E-state index in [-0.39, 0.29) is 5.25 Å². The Morgan fingerprint density at radius 3 is 2.16 bits per heavy atom. The van der Waals surface area contributed by atoms with Crippen LogP contribution in [0.2, 0.25) is 0 Å². The highest BCUT2D eigenvalue weighted by atomic mass is 32.2. The molecule has 0 aliphatic heterocycles. The molecule has 0 aliphatic carbocycles. The van der Waals surface area contributed by atoms with Crippen LogP contribution in [-0.2, 0) is 4.79 Å². The van der Waals surface area contributed by atoms with Crippen LogP contribution in [0.15, 0.2) is 65.8 Å². The number of nitrogens with two attached hydrogens (primary N) is 1. The van der Waals surface area contributed by atoms with Crippen LogP contribution in [0, 0.1) is 0 Å². The molecule has 25 heavy (non-hydrogen) atoms. The Morgan fingerprint density at radius 2 is 1.64 bits per heavy atom. The van der Waals surface area contributed by atoms with Gasteiger partial charge in [0.1, 0.15) is 6.04 Å². The van der Waals surface area contributed by atoms with E-state index in [2.05, 4.69) is 20.6 Å². The van der Waals surface area contributed by atoms with Crippen molar-refractivity contribution < 1.29 is 9.90 Å². The fourth-order valence-electron chi connectivity index (χ4n) is 2.71. The summed E-state index contributed by atoms with van der Waals surface area (Å²) in [7, 11) is 0. The third-order valence-electron chi connectivity index (χ3n) is 3.87. The molecule has 4 N–H and O–H groups in total. The van der Waals surface area contributed by atoms with Crippen molar-refractivity contribution in [3.8, 4) is 0 Å². The second-order valence-corrected chi connectivity index (χ2v) is 6.55. The van der Waals surface area contributed by atoms with E-state index in [9.17, 15) is 9.90 Å². The number of hydrogen-bond acceptors (Lipinski definition) is 6. The van der Waals surface area contributed by atoms with Crippen molar-refractivity contribution in [2.24, 2.45) is 5.73 Å². The standard InChI is InChI=1S/C17H17N5O2S/c18-14(16(23)24)13(11-7-3-1-4-8-11)15(12-9-5-2-6-10-12)25-17-19-21-22-20-17/h1-10,13-15H,18H2,(H,23,24)(H,19,20,21,22)/t13?,14-,15?/m0/s1. The van der Waals surface area contributed by atoms with Gasteiger partial charge in [-0.25, -0.2) is 0 Å². The third-order valence-corrected chi connectivity index (χ3v) is 5.07. The molecule has 3 rings (SSSR count). The number of carbonyl (C=O) groups is 1. The van der Waals surface area contributed by atoms with Gasteiger partial charge in [0.25, 0.3) is 0 Å². The van der Waals surface area contributed by atoms with E-state index < -0.39 is 17.9 Å². The largest absolute Gasteiger partial charge is 0.480 e. The summed E-state index contributed by atoms with van der Waals surface area (Å²) in [6.45, 7) is 0. The van der Waals surface area contributed by atoms with Gasteiger partial charge in [0, 0.05) is 11.2 Å². The van der Waals surface area contributed by atoms with Gasteiger partial charge in [-0.05, 0) is 16.3 Å². The highest BCUT2D eigenvalue weighted by molar-refractivity contribution is 7.99. The monoisotopic (exact) mass is 355 g/mol. The lowest BCUT2D eigenvalue weighted by molar-refractivity contribution is -0.139. The Morgan fingerprint density at radius 1 is 1.04 bits per heavy atom. The van der Waals surface area contributed by atoms with Crippen LogP contribution in [0.1, 0.15) is 22.3 Å². The van der Waals surface area contributed by atoms with E-state index >= 15 is 0 Å². The summed E-state index contributed by atoms with van der Waals surface area (Å²) in [5, 5.41) is 23.7. The number of carboxylic acids is 1. The minimum Gasteiger partial charge on any atom is -0.480 e. The van der Waals surface area contributed by atoms with Gasteiger partial charge in [-0.2, -0.15) is 5.21 Å². The first-order chi connectivity index (χ1) is 12.2. The van der Waals surface area contributed by atoms with E-state index in [1.165, 1.54) is 11.8 Å². The lowest BCUT2D eigenvalue weighted by atomic mass is 9.85. The highest BCUT2D eigenvalue weighted by Crippen LogP contribution is 2.45. The van der Waals surface area contributed by atoms with Crippen LogP contribution >= 0.6 is 11.8 Å². The number of rotatable bonds is 7. The number of carboxylic acid groups (broad SMARTS) is 1. The van der Waals surface area contributed by atoms with Gasteiger partial charge >= 0.3 is 5.97 Å². The van der Waals surface area contributed by atoms with Gasteiger partial charge < -0.3 is 10.8 Å². The predicted molar refractivity (Wildman–Crippen MR) is 94.0 cm³/mol. The molecule has 0 aliphatic rings. The highest BCUT2D eigenvalue weighted by Gasteiger charge is 2.35. The molecule has 0 saturated heterocycles. The number of tetrazole rings is 1. The van der Waals surface area contributed by atoms with E-state index in [0.29, 0.717) is 5.16 Å². The molecule has 2 aromatic carbocycles. The minimum absolute atomic E-state index is 0.285. The summed E-state index contributed by atoms with van der Waals surface area (Å²) in [5.74, 6) is -1.52. The van der Waals surface area contributed by atoms with Gasteiger partial charge in [-0.1, -0.05) is 72.4 Å². The number of aromatic nitrogens is 4. The molecule has 1 heterocycles. The Kier molecular flexibility index (Phi) is 5.42. The van der Waals surface area contributed by atoms with E-state index in [4.69, 9.17) is 5.73 Å². The first-order valence-electron chi connectivity index (χ1n) is 7.65. The molecule has 1 aromatic heterocycles. The summed E-state index contributed by atoms with van der Waals surface area (Å²) >= 11 is 1.34. The topological polar surface area (TPSA) is 118 Å². The second kappa shape index (κ2) is 7.91. The smallest absolute Gasteiger partial charge is 0.321 e. The second-order valence-electron chi connectivity index (χ2n) is 5.44. The lowest BCUT2D eigenvalue weighted by Crippen LogP contribution is -2.38. The first-order valence-corrected chi connectivity index (χ1v) is 8.53. The van der Waals surface area contributed by atoms with Gasteiger partial charge in [0.15, 0.2) is 0 Å². The molecule has 8 heteroatoms. The summed E-state index contributed by atoms with van der Waals surface area (Å²) < 4.78 is 0. The number of H-pyrrole nitrogens is 1. The molecule has 0 bridgehead atoms. The Bertz CT molecular complexity index is 798. The van der Waals surface area contributed by atoms with E-state index in [0.717, 1.165) is 11.1 Å². The molecule has 128 valence electrons. The Hall–Kier alpha value is -2.71. The van der Waals surface area contributed by atoms with Gasteiger partial charge in [-0.15, -0.1) is 10.2 Å². The molecule has 3 atom stereocenters. The van der Waals surface area contributed by atoms with E-state index in [1.807, 2.05) is 60.7 Å². The minimum atomic E-state index is -1.08. The van der Waals surface area contributed by atoms with Crippen LogP contribution in [0.5, 0.6) is 0 Å². The number of hydrogen-bond donors (Lipinski definition) is 3. The number of aromatic amines is 1. The molecule has 0 fully saturated rings. The van der Waals surface area contributed by atoms with Crippen molar-refractivity contribution in [1.29, 1.82) is 0 Å². The number of nitrogens with zero attached hydrogens (tertiary/aromatic N) is 3. The van der Waals surface area contributed by atoms with Crippen molar-refractivity contribution >= 4 is 17.7 Å². The van der Waals surface area contributed by atoms with Crippen molar-refractivity contribution in [3.05, 3.63) is 71.8 Å². The van der Waals surface area contributed by atoms with Crippen LogP contribution < -0.4 is 5.73 Å². The summed E-state index contributed by atoms with van der Waals surface area (Å²) in [6, 6.07) is 18.0. The number of benzene rings is 2.